The molecule has 0 saturated carbocycles. The molecule has 0 amide bonds. The van der Waals surface area contributed by atoms with Crippen LogP contribution in [-0.2, 0) is 16.0 Å². The number of ether oxygens (including phenoxy) is 3. The minimum absolute atomic E-state index is 0.0499. The maximum Gasteiger partial charge on any atom is 0.323 e. The quantitative estimate of drug-likeness (QED) is 0.659. The fourth-order valence-electron chi connectivity index (χ4n) is 3.25. The summed E-state index contributed by atoms with van der Waals surface area (Å²) in [4.78, 5) is 13.9. The summed E-state index contributed by atoms with van der Waals surface area (Å²) >= 11 is 0. The van der Waals surface area contributed by atoms with Crippen molar-refractivity contribution in [3.8, 4) is 11.5 Å². The second-order valence-corrected chi connectivity index (χ2v) is 7.45. The van der Waals surface area contributed by atoms with Gasteiger partial charge in [-0.2, -0.15) is 0 Å². The molecule has 0 bridgehead atoms. The smallest absolute Gasteiger partial charge is 0.323 e. The second-order valence-electron chi connectivity index (χ2n) is 7.45. The van der Waals surface area contributed by atoms with Crippen LogP contribution in [0.25, 0.3) is 0 Å². The molecule has 6 nitrogen and oxygen atoms in total. The summed E-state index contributed by atoms with van der Waals surface area (Å²) in [5.74, 6) is -11.1. The molecule has 2 aliphatic heterocycles. The van der Waals surface area contributed by atoms with Gasteiger partial charge in [0.2, 0.25) is 0 Å². The molecule has 0 aliphatic carbocycles. The van der Waals surface area contributed by atoms with Gasteiger partial charge in [-0.25, -0.2) is 0 Å². The molecule has 1 aromatic rings. The Morgan fingerprint density at radius 3 is 2.80 bits per heavy atom. The molecule has 1 aromatic carbocycles. The van der Waals surface area contributed by atoms with Crippen LogP contribution in [0.2, 0.25) is 0 Å². The van der Waals surface area contributed by atoms with E-state index in [-0.39, 0.29) is 17.5 Å². The zero-order valence-electron chi connectivity index (χ0n) is 35.0. The second kappa shape index (κ2) is 9.56. The number of piperidine rings is 1. The van der Waals surface area contributed by atoms with Crippen molar-refractivity contribution >= 4 is 5.97 Å². The van der Waals surface area contributed by atoms with Gasteiger partial charge in [-0.3, -0.25) is 9.69 Å². The molecule has 1 fully saturated rings. The zero-order chi connectivity index (χ0) is 37.6. The van der Waals surface area contributed by atoms with E-state index in [0.29, 0.717) is 11.8 Å². The van der Waals surface area contributed by atoms with Crippen molar-refractivity contribution in [2.45, 2.75) is 65.0 Å². The molecule has 0 spiro atoms. The van der Waals surface area contributed by atoms with Gasteiger partial charge in [-0.15, -0.1) is 0 Å². The average molecular weight is 437 g/mol. The van der Waals surface area contributed by atoms with E-state index in [2.05, 4.69) is 0 Å². The number of rotatable bonds is 7. The van der Waals surface area contributed by atoms with Crippen LogP contribution in [0, 0.1) is 17.7 Å². The largest absolute Gasteiger partial charge is 0.493 e. The van der Waals surface area contributed by atoms with Crippen LogP contribution in [0.4, 0.5) is 0 Å². The first kappa shape index (κ1) is 8.99. The topological polar surface area (TPSA) is 74.0 Å². The lowest BCUT2D eigenvalue weighted by Gasteiger charge is -2.47. The van der Waals surface area contributed by atoms with E-state index in [9.17, 15) is 13.0 Å². The van der Waals surface area contributed by atoms with Gasteiger partial charge in [0.15, 0.2) is 11.5 Å². The lowest BCUT2D eigenvalue weighted by molar-refractivity contribution is -0.160. The number of carbonyl (C=O) groups is 1. The van der Waals surface area contributed by atoms with Crippen LogP contribution in [0.15, 0.2) is 12.1 Å². The number of benzene rings is 1. The molecule has 2 heterocycles. The molecule has 6 heteroatoms. The summed E-state index contributed by atoms with van der Waals surface area (Å²) in [5, 5.41) is 0. The number of carbonyl (C=O) groups excluding carboxylic acids is 1. The first-order chi connectivity index (χ1) is 21.1. The zero-order valence-corrected chi connectivity index (χ0v) is 17.0. The van der Waals surface area contributed by atoms with Crippen molar-refractivity contribution < 1.29 is 43.7 Å². The Bertz CT molecular complexity index is 1410. The van der Waals surface area contributed by atoms with E-state index < -0.39 is 100 Å². The third-order valence-corrected chi connectivity index (χ3v) is 4.91. The summed E-state index contributed by atoms with van der Waals surface area (Å²) in [5.41, 5.74) is 5.63. The van der Waals surface area contributed by atoms with E-state index in [4.69, 9.17) is 36.4 Å². The highest BCUT2D eigenvalue weighted by Crippen LogP contribution is 2.44. The van der Waals surface area contributed by atoms with Crippen LogP contribution in [0.3, 0.4) is 0 Å². The van der Waals surface area contributed by atoms with Gasteiger partial charge < -0.3 is 19.9 Å². The molecular formula is C24H38N2O4. The van der Waals surface area contributed by atoms with Crippen molar-refractivity contribution in [3.05, 3.63) is 23.3 Å². The lowest BCUT2D eigenvalue weighted by Crippen LogP contribution is -2.51. The van der Waals surface area contributed by atoms with Gasteiger partial charge in [0.25, 0.3) is 0 Å². The first-order valence-electron chi connectivity index (χ1n) is 18.4. The summed E-state index contributed by atoms with van der Waals surface area (Å²) in [7, 11) is -6.32. The highest BCUT2D eigenvalue weighted by Gasteiger charge is 2.41. The van der Waals surface area contributed by atoms with Gasteiger partial charge >= 0.3 is 5.97 Å². The molecular weight excluding hydrogens is 380 g/mol. The fraction of sp³-hybridized carbons (Fsp3) is 0.708. The molecule has 4 unspecified atom stereocenters. The summed E-state index contributed by atoms with van der Waals surface area (Å²) in [6.07, 6.45) is -11.9. The number of nitrogens with two attached hydrogens (primary N) is 1. The normalized spacial score (nSPS) is 45.7. The van der Waals surface area contributed by atoms with Crippen LogP contribution < -0.4 is 15.2 Å². The number of methoxy groups -OCH3 is 2. The third kappa shape index (κ3) is 4.75. The summed E-state index contributed by atoms with van der Waals surface area (Å²) in [6.45, 7) is -4.34. The average Bonchev–Trinajstić information content (AvgIpc) is 2.88. The predicted molar refractivity (Wildman–Crippen MR) is 118 cm³/mol. The Hall–Kier alpha value is -1.79. The number of nitrogens with zero attached hydrogens (tertiary/aromatic N) is 1. The predicted octanol–water partition coefficient (Wildman–Crippen LogP) is 3.56. The Balaban J connectivity index is 2.47. The van der Waals surface area contributed by atoms with Crippen molar-refractivity contribution in [1.29, 1.82) is 0 Å². The molecule has 5 atom stereocenters. The Labute approximate surface area is 206 Å². The molecule has 0 aromatic heterocycles. The van der Waals surface area contributed by atoms with Crippen LogP contribution in [0.1, 0.15) is 82.2 Å². The third-order valence-electron chi connectivity index (χ3n) is 4.91. The maximum atomic E-state index is 13.3. The van der Waals surface area contributed by atoms with Gasteiger partial charge in [0, 0.05) is 46.4 Å². The van der Waals surface area contributed by atoms with Crippen molar-refractivity contribution in [2.75, 3.05) is 27.1 Å². The molecule has 2 N–H and O–H groups in total. The molecule has 168 valence electrons. The summed E-state index contributed by atoms with van der Waals surface area (Å²) in [6, 6.07) is -1.85. The van der Waals surface area contributed by atoms with Gasteiger partial charge in [0.05, 0.1) is 23.7 Å². The Kier molecular flexibility index (Phi) is 2.86. The Morgan fingerprint density at radius 1 is 1.40 bits per heavy atom. The van der Waals surface area contributed by atoms with E-state index in [0.717, 1.165) is 12.1 Å². The minimum atomic E-state index is -4.05. The first-order valence-corrected chi connectivity index (χ1v) is 9.42. The molecule has 30 heavy (non-hydrogen) atoms. The van der Waals surface area contributed by atoms with E-state index in [1.54, 1.807) is 0 Å². The van der Waals surface area contributed by atoms with Gasteiger partial charge in [0.1, 0.15) is 12.1 Å². The van der Waals surface area contributed by atoms with Crippen LogP contribution in [0.5, 0.6) is 11.5 Å². The number of hydrogen-bond donors (Lipinski definition) is 1. The number of fused-ring (bicyclic) bond motifs is 3. The fourth-order valence-corrected chi connectivity index (χ4v) is 3.25. The maximum absolute atomic E-state index is 13.3. The molecule has 0 radical (unpaired) electrons. The monoisotopic (exact) mass is 436 g/mol. The van der Waals surface area contributed by atoms with Crippen molar-refractivity contribution in [1.82, 2.24) is 4.90 Å². The van der Waals surface area contributed by atoms with Crippen LogP contribution in [-0.4, -0.2) is 50.1 Å². The number of esters is 1. The van der Waals surface area contributed by atoms with Gasteiger partial charge in [-0.1, -0.05) is 27.6 Å². The molecule has 1 saturated heterocycles. The van der Waals surface area contributed by atoms with Crippen molar-refractivity contribution in [2.24, 2.45) is 23.4 Å². The lowest BCUT2D eigenvalue weighted by atomic mass is 9.79. The molecule has 3 rings (SSSR count). The highest BCUT2D eigenvalue weighted by molar-refractivity contribution is 5.76. The SMILES string of the molecule is [2H]C([2H])([2H])Oc1cc2c(cc1OC([2H])([2H])[2H])C1N(CC2)C([2H])([2H])C([2H])(C([2H])([2H])C([2H])(C)C([2H])([2H])[2H])C([2H])(OC(=O)[C@@H](N)C(C)C)C1([2H])[2H]. The summed E-state index contributed by atoms with van der Waals surface area (Å²) < 4.78 is 166. The standard InChI is InChI=1S/C24H38N2O4/c1-14(2)9-17-13-26-8-7-16-10-21(28-5)22(29-6)11-18(16)19(26)12-20(17)30-24(27)23(25)15(3)4/h10-11,14-15,17,19-20,23H,7-9,12-13,25H2,1-6H3/t17?,19?,20?,23-/m0/s1/i1D3,5D3,6D3,9D2,12D2,13D2,14D,17D,20D/t14?,17?,19?,20?,23-. The molecule has 2 aliphatic rings. The minimum Gasteiger partial charge on any atom is -0.493 e. The van der Waals surface area contributed by atoms with Crippen molar-refractivity contribution in [3.63, 3.8) is 0 Å². The van der Waals surface area contributed by atoms with Gasteiger partial charge in [-0.05, 0) is 47.9 Å². The Morgan fingerprint density at radius 2 is 2.13 bits per heavy atom. The highest BCUT2D eigenvalue weighted by atomic mass is 16.5. The van der Waals surface area contributed by atoms with E-state index >= 15 is 0 Å². The van der Waals surface area contributed by atoms with Crippen LogP contribution >= 0.6 is 0 Å². The van der Waals surface area contributed by atoms with E-state index in [1.807, 2.05) is 0 Å². The van der Waals surface area contributed by atoms with E-state index in [1.165, 1.54) is 13.8 Å². The number of hydrogen-bond acceptors (Lipinski definition) is 6.